The molecule has 0 unspecified atom stereocenters. The average Bonchev–Trinajstić information content (AvgIpc) is 2.66. The van der Waals surface area contributed by atoms with Gasteiger partial charge in [0.05, 0.1) is 6.61 Å². The highest BCUT2D eigenvalue weighted by molar-refractivity contribution is 6.76. The Morgan fingerprint density at radius 2 is 1.50 bits per heavy atom. The first-order chi connectivity index (χ1) is 14.2. The smallest absolute Gasteiger partial charge is 0.407 e. The molecule has 1 fully saturated rings. The minimum atomic E-state index is -1.19. The van der Waals surface area contributed by atoms with Crippen molar-refractivity contribution in [2.75, 3.05) is 6.61 Å². The number of amides is 1. The molecule has 30 heavy (non-hydrogen) atoms. The summed E-state index contributed by atoms with van der Waals surface area (Å²) >= 11 is 0. The molecule has 1 aliphatic rings. The van der Waals surface area contributed by atoms with Gasteiger partial charge in [-0.25, -0.2) is 4.79 Å². The Morgan fingerprint density at radius 3 is 1.97 bits per heavy atom. The highest BCUT2D eigenvalue weighted by atomic mass is 28.3. The van der Waals surface area contributed by atoms with Crippen molar-refractivity contribution in [1.29, 1.82) is 0 Å². The number of carbonyl (C=O) groups is 1. The molecule has 1 amide bonds. The molecule has 0 saturated heterocycles. The number of nitrogens with one attached hydrogen (secondary N) is 1. The first-order valence-corrected chi connectivity index (χ1v) is 14.7. The molecule has 0 aliphatic heterocycles. The lowest BCUT2D eigenvalue weighted by atomic mass is 9.73. The Balaban J connectivity index is 1.56. The quantitative estimate of drug-likeness (QED) is 0.527. The monoisotopic (exact) mass is 424 g/mol. The van der Waals surface area contributed by atoms with E-state index in [2.05, 4.69) is 97.4 Å². The minimum absolute atomic E-state index is 0.188. The summed E-state index contributed by atoms with van der Waals surface area (Å²) in [6.45, 7) is 11.4. The van der Waals surface area contributed by atoms with Crippen LogP contribution in [0.4, 0.5) is 4.79 Å². The molecule has 0 atom stereocenters. The summed E-state index contributed by atoms with van der Waals surface area (Å²) in [6, 6.07) is 22.7. The number of rotatable bonds is 9. The van der Waals surface area contributed by atoms with Crippen molar-refractivity contribution in [1.82, 2.24) is 10.2 Å². The Morgan fingerprint density at radius 1 is 1.00 bits per heavy atom. The van der Waals surface area contributed by atoms with Crippen molar-refractivity contribution in [3.63, 3.8) is 0 Å². The Hall–Kier alpha value is -2.11. The van der Waals surface area contributed by atoms with Crippen LogP contribution < -0.4 is 5.32 Å². The number of ether oxygens (including phenoxy) is 1. The first-order valence-electron chi connectivity index (χ1n) is 11.0. The first kappa shape index (κ1) is 22.6. The zero-order chi connectivity index (χ0) is 21.6. The van der Waals surface area contributed by atoms with E-state index in [1.165, 1.54) is 11.1 Å². The lowest BCUT2D eigenvalue weighted by Crippen LogP contribution is -2.61. The molecule has 0 radical (unpaired) electrons. The van der Waals surface area contributed by atoms with Gasteiger partial charge in [-0.15, -0.1) is 0 Å². The van der Waals surface area contributed by atoms with Crippen molar-refractivity contribution in [2.45, 2.75) is 70.1 Å². The number of benzene rings is 2. The Kier molecular flexibility index (Phi) is 7.37. The van der Waals surface area contributed by atoms with Gasteiger partial charge in [-0.05, 0) is 36.9 Å². The third kappa shape index (κ3) is 6.99. The second-order valence-electron chi connectivity index (χ2n) is 10.1. The molecule has 0 heterocycles. The highest BCUT2D eigenvalue weighted by Crippen LogP contribution is 2.37. The second-order valence-corrected chi connectivity index (χ2v) is 15.7. The van der Waals surface area contributed by atoms with Crippen molar-refractivity contribution < 1.29 is 9.53 Å². The van der Waals surface area contributed by atoms with Gasteiger partial charge in [0.1, 0.15) is 0 Å². The van der Waals surface area contributed by atoms with Gasteiger partial charge in [0.25, 0.3) is 0 Å². The maximum atomic E-state index is 12.3. The van der Waals surface area contributed by atoms with Crippen LogP contribution in [0.3, 0.4) is 0 Å². The maximum absolute atomic E-state index is 12.3. The number of carbonyl (C=O) groups excluding carboxylic acids is 1. The molecule has 162 valence electrons. The van der Waals surface area contributed by atoms with E-state index >= 15 is 0 Å². The summed E-state index contributed by atoms with van der Waals surface area (Å²) in [5, 5.41) is 3.12. The zero-order valence-corrected chi connectivity index (χ0v) is 19.9. The molecular formula is C25H36N2O2Si. The summed E-state index contributed by atoms with van der Waals surface area (Å²) in [6.07, 6.45) is 1.61. The summed E-state index contributed by atoms with van der Waals surface area (Å²) in [4.78, 5) is 14.8. The van der Waals surface area contributed by atoms with Crippen LogP contribution in [0.1, 0.15) is 30.9 Å². The van der Waals surface area contributed by atoms with Gasteiger partial charge in [-0.3, -0.25) is 4.90 Å². The molecular weight excluding hydrogens is 388 g/mol. The van der Waals surface area contributed by atoms with Crippen LogP contribution in [0, 0.1) is 0 Å². The second kappa shape index (κ2) is 9.80. The van der Waals surface area contributed by atoms with E-state index in [0.29, 0.717) is 12.6 Å². The summed E-state index contributed by atoms with van der Waals surface area (Å²) in [7, 11) is -1.19. The molecule has 2 aromatic carbocycles. The molecule has 0 bridgehead atoms. The Bertz CT molecular complexity index is 757. The lowest BCUT2D eigenvalue weighted by molar-refractivity contribution is 0.0312. The molecule has 0 aromatic heterocycles. The van der Waals surface area contributed by atoms with E-state index in [1.54, 1.807) is 0 Å². The third-order valence-electron chi connectivity index (χ3n) is 5.83. The van der Waals surface area contributed by atoms with E-state index in [-0.39, 0.29) is 11.6 Å². The molecule has 1 saturated carbocycles. The number of nitrogens with zero attached hydrogens (tertiary/aromatic N) is 1. The van der Waals surface area contributed by atoms with Gasteiger partial charge >= 0.3 is 6.09 Å². The van der Waals surface area contributed by atoms with Crippen LogP contribution in [0.2, 0.25) is 25.7 Å². The van der Waals surface area contributed by atoms with Crippen molar-refractivity contribution in [3.8, 4) is 0 Å². The Labute approximate surface area is 182 Å². The molecule has 0 spiro atoms. The van der Waals surface area contributed by atoms with E-state index in [0.717, 1.165) is 32.0 Å². The minimum Gasteiger partial charge on any atom is -0.450 e. The molecule has 5 heteroatoms. The lowest BCUT2D eigenvalue weighted by Gasteiger charge is -2.50. The molecule has 3 rings (SSSR count). The third-order valence-corrected chi connectivity index (χ3v) is 7.54. The normalized spacial score (nSPS) is 21.2. The SMILES string of the molecule is C[Si](C)(C)CCOC(=O)N[C@]1(C)C[C@@H](N(Cc2ccccc2)Cc2ccccc2)C1. The fourth-order valence-corrected chi connectivity index (χ4v) is 4.74. The van der Waals surface area contributed by atoms with Crippen LogP contribution in [-0.2, 0) is 17.8 Å². The maximum Gasteiger partial charge on any atom is 0.407 e. The van der Waals surface area contributed by atoms with Crippen LogP contribution in [0.25, 0.3) is 0 Å². The van der Waals surface area contributed by atoms with E-state index in [1.807, 2.05) is 0 Å². The van der Waals surface area contributed by atoms with E-state index in [4.69, 9.17) is 4.74 Å². The van der Waals surface area contributed by atoms with Crippen LogP contribution in [-0.4, -0.2) is 37.3 Å². The predicted octanol–water partition coefficient (Wildman–Crippen LogP) is 5.67. The number of hydrogen-bond acceptors (Lipinski definition) is 3. The predicted molar refractivity (Wildman–Crippen MR) is 126 cm³/mol. The van der Waals surface area contributed by atoms with E-state index < -0.39 is 8.07 Å². The topological polar surface area (TPSA) is 41.6 Å². The van der Waals surface area contributed by atoms with Gasteiger partial charge in [0.2, 0.25) is 0 Å². The fourth-order valence-electron chi connectivity index (χ4n) is 4.02. The fraction of sp³-hybridized carbons (Fsp3) is 0.480. The van der Waals surface area contributed by atoms with Gasteiger partial charge in [-0.2, -0.15) is 0 Å². The van der Waals surface area contributed by atoms with Crippen LogP contribution >= 0.6 is 0 Å². The molecule has 1 aliphatic carbocycles. The van der Waals surface area contributed by atoms with Gasteiger partial charge in [-0.1, -0.05) is 80.3 Å². The summed E-state index contributed by atoms with van der Waals surface area (Å²) in [5.41, 5.74) is 2.45. The summed E-state index contributed by atoms with van der Waals surface area (Å²) < 4.78 is 5.45. The van der Waals surface area contributed by atoms with Gasteiger partial charge in [0.15, 0.2) is 0 Å². The van der Waals surface area contributed by atoms with Crippen LogP contribution in [0.15, 0.2) is 60.7 Å². The van der Waals surface area contributed by atoms with Crippen molar-refractivity contribution >= 4 is 14.2 Å². The summed E-state index contributed by atoms with van der Waals surface area (Å²) in [5.74, 6) is 0. The van der Waals surface area contributed by atoms with Crippen LogP contribution in [0.5, 0.6) is 0 Å². The average molecular weight is 425 g/mol. The number of hydrogen-bond donors (Lipinski definition) is 1. The van der Waals surface area contributed by atoms with E-state index in [9.17, 15) is 4.79 Å². The van der Waals surface area contributed by atoms with Crippen molar-refractivity contribution in [2.24, 2.45) is 0 Å². The molecule has 4 nitrogen and oxygen atoms in total. The standard InChI is InChI=1S/C25H36N2O2Si/c1-25(26-24(28)29-15-16-30(2,3)4)17-23(18-25)27(19-21-11-7-5-8-12-21)20-22-13-9-6-10-14-22/h5-14,23H,15-20H2,1-4H3,(H,26,28)/t23-,25-. The molecule has 2 aromatic rings. The van der Waals surface area contributed by atoms with Gasteiger partial charge in [0, 0.05) is 32.7 Å². The number of alkyl carbamates (subject to hydrolysis) is 1. The van der Waals surface area contributed by atoms with Crippen molar-refractivity contribution in [3.05, 3.63) is 71.8 Å². The highest BCUT2D eigenvalue weighted by Gasteiger charge is 2.44. The van der Waals surface area contributed by atoms with Gasteiger partial charge < -0.3 is 10.1 Å². The largest absolute Gasteiger partial charge is 0.450 e. The molecule has 1 N–H and O–H groups in total. The zero-order valence-electron chi connectivity index (χ0n) is 18.9.